The van der Waals surface area contributed by atoms with Crippen LogP contribution in [0.25, 0.3) is 0 Å². The van der Waals surface area contributed by atoms with Crippen molar-refractivity contribution in [2.24, 2.45) is 10.2 Å². The first-order valence-electron chi connectivity index (χ1n) is 11.9. The van der Waals surface area contributed by atoms with E-state index in [0.717, 1.165) is 6.92 Å². The number of rotatable bonds is 12. The van der Waals surface area contributed by atoms with Crippen molar-refractivity contribution in [1.82, 2.24) is 0 Å². The molecule has 0 unspecified atom stereocenters. The van der Waals surface area contributed by atoms with Gasteiger partial charge >= 0.3 is 5.97 Å². The summed E-state index contributed by atoms with van der Waals surface area (Å²) in [6, 6.07) is 17.6. The Morgan fingerprint density at radius 3 is 1.32 bits per heavy atom. The van der Waals surface area contributed by atoms with Crippen LogP contribution in [0.4, 0.5) is 22.7 Å². The molecule has 13 nitrogen and oxygen atoms in total. The van der Waals surface area contributed by atoms with E-state index >= 15 is 0 Å². The van der Waals surface area contributed by atoms with E-state index in [1.807, 2.05) is 0 Å². The summed E-state index contributed by atoms with van der Waals surface area (Å²) in [5, 5.41) is 21.7. The maximum absolute atomic E-state index is 12.6. The van der Waals surface area contributed by atoms with Crippen LogP contribution in [-0.4, -0.2) is 52.2 Å². The van der Waals surface area contributed by atoms with Gasteiger partial charge < -0.3 is 15.7 Å². The maximum atomic E-state index is 12.6. The zero-order chi connectivity index (χ0) is 29.9. The minimum Gasteiger partial charge on any atom is -0.478 e. The van der Waals surface area contributed by atoms with Crippen LogP contribution >= 0.6 is 0 Å². The minimum atomic E-state index is -1.10. The molecule has 0 saturated carbocycles. The van der Waals surface area contributed by atoms with Crippen LogP contribution in [0.3, 0.4) is 0 Å². The number of benzene rings is 3. The van der Waals surface area contributed by atoms with E-state index in [0.29, 0.717) is 28.9 Å². The molecule has 0 bridgehead atoms. The van der Waals surface area contributed by atoms with Gasteiger partial charge in [0.05, 0.1) is 16.9 Å². The second kappa shape index (κ2) is 13.7. The molecule has 0 aromatic heterocycles. The number of carboxylic acid groups (broad SMARTS) is 1. The summed E-state index contributed by atoms with van der Waals surface area (Å²) < 4.78 is 0. The number of Topliss-reactive ketones (excluding diaryl/α,β-unsaturated/α-hetero) is 2. The van der Waals surface area contributed by atoms with Crippen LogP contribution in [0.15, 0.2) is 83.0 Å². The van der Waals surface area contributed by atoms with E-state index in [1.165, 1.54) is 55.5 Å². The molecular formula is C28H24N6O7. The molecule has 3 rings (SSSR count). The summed E-state index contributed by atoms with van der Waals surface area (Å²) in [6.45, 7) is 2.35. The summed E-state index contributed by atoms with van der Waals surface area (Å²) >= 11 is 0. The number of amides is 2. The zero-order valence-corrected chi connectivity index (χ0v) is 21.8. The third-order valence-corrected chi connectivity index (χ3v) is 5.27. The molecule has 2 amide bonds. The van der Waals surface area contributed by atoms with E-state index < -0.39 is 40.8 Å². The van der Waals surface area contributed by atoms with Gasteiger partial charge in [-0.3, -0.25) is 34.8 Å². The first-order valence-corrected chi connectivity index (χ1v) is 11.9. The van der Waals surface area contributed by atoms with Crippen molar-refractivity contribution in [2.75, 3.05) is 21.5 Å². The highest BCUT2D eigenvalue weighted by Crippen LogP contribution is 2.15. The quantitative estimate of drug-likeness (QED) is 0.0963. The molecule has 0 aliphatic rings. The Balaban J connectivity index is 1.63. The van der Waals surface area contributed by atoms with Gasteiger partial charge in [0.2, 0.25) is 0 Å². The smallest absolute Gasteiger partial charge is 0.335 e. The molecule has 3 aromatic rings. The Hall–Kier alpha value is -5.98. The van der Waals surface area contributed by atoms with Gasteiger partial charge in [0.1, 0.15) is 6.29 Å². The highest BCUT2D eigenvalue weighted by molar-refractivity contribution is 6.67. The summed E-state index contributed by atoms with van der Waals surface area (Å²) in [6.07, 6.45) is 0.679. The standard InChI is InChI=1S/C28H24N6O7/c1-16(36)24(33-31-22-7-3-18(15-35)4-8-22)26(38)29-20-11-13-21(14-12-20)30-27(39)25(17(2)37)34-32-23-9-5-19(6-10-23)28(40)41/h3-15,31-32H,1-2H3,(H,29,38)(H,30,39)(H,40,41)/b33-24-,34-25-. The molecule has 208 valence electrons. The average molecular weight is 557 g/mol. The second-order valence-corrected chi connectivity index (χ2v) is 8.36. The molecule has 3 aromatic carbocycles. The number of nitrogens with one attached hydrogen (secondary N) is 4. The van der Waals surface area contributed by atoms with Crippen LogP contribution in [0, 0.1) is 0 Å². The summed E-state index contributed by atoms with van der Waals surface area (Å²) in [5.41, 5.74) is 6.24. The largest absolute Gasteiger partial charge is 0.478 e. The molecule has 0 aliphatic heterocycles. The number of anilines is 4. The van der Waals surface area contributed by atoms with Gasteiger partial charge in [0.15, 0.2) is 23.0 Å². The third kappa shape index (κ3) is 8.51. The molecule has 0 saturated heterocycles. The van der Waals surface area contributed by atoms with E-state index in [2.05, 4.69) is 31.7 Å². The van der Waals surface area contributed by atoms with Crippen LogP contribution in [-0.2, 0) is 19.2 Å². The number of aldehydes is 1. The van der Waals surface area contributed by atoms with Gasteiger partial charge in [0.25, 0.3) is 11.8 Å². The van der Waals surface area contributed by atoms with E-state index in [9.17, 15) is 28.8 Å². The lowest BCUT2D eigenvalue weighted by molar-refractivity contribution is -0.116. The Kier molecular flexibility index (Phi) is 9.89. The Labute approximate surface area is 233 Å². The lowest BCUT2D eigenvalue weighted by Crippen LogP contribution is -2.30. The van der Waals surface area contributed by atoms with Gasteiger partial charge in [-0.25, -0.2) is 4.79 Å². The topological polar surface area (TPSA) is 195 Å². The van der Waals surface area contributed by atoms with E-state index in [4.69, 9.17) is 5.11 Å². The van der Waals surface area contributed by atoms with Crippen molar-refractivity contribution in [3.63, 3.8) is 0 Å². The number of hydrogen-bond acceptors (Lipinski definition) is 10. The van der Waals surface area contributed by atoms with Gasteiger partial charge in [-0.05, 0) is 72.8 Å². The highest BCUT2D eigenvalue weighted by atomic mass is 16.4. The summed E-state index contributed by atoms with van der Waals surface area (Å²) in [7, 11) is 0. The number of nitrogens with zero attached hydrogens (tertiary/aromatic N) is 2. The molecule has 0 spiro atoms. The molecule has 41 heavy (non-hydrogen) atoms. The second-order valence-electron chi connectivity index (χ2n) is 8.36. The predicted octanol–water partition coefficient (Wildman–Crippen LogP) is 3.19. The Morgan fingerprint density at radius 2 is 0.976 bits per heavy atom. The average Bonchev–Trinajstić information content (AvgIpc) is 2.94. The van der Waals surface area contributed by atoms with E-state index in [1.54, 1.807) is 24.3 Å². The molecule has 0 radical (unpaired) electrons. The number of carboxylic acids is 1. The van der Waals surface area contributed by atoms with Gasteiger partial charge in [0, 0.05) is 30.8 Å². The van der Waals surface area contributed by atoms with Crippen LogP contribution < -0.4 is 21.5 Å². The van der Waals surface area contributed by atoms with Gasteiger partial charge in [-0.2, -0.15) is 10.2 Å². The highest BCUT2D eigenvalue weighted by Gasteiger charge is 2.19. The molecule has 0 atom stereocenters. The number of ketones is 2. The fourth-order valence-electron chi connectivity index (χ4n) is 3.16. The predicted molar refractivity (Wildman–Crippen MR) is 152 cm³/mol. The third-order valence-electron chi connectivity index (χ3n) is 5.27. The normalized spacial score (nSPS) is 11.2. The lowest BCUT2D eigenvalue weighted by Gasteiger charge is -2.09. The van der Waals surface area contributed by atoms with Gasteiger partial charge in [-0.1, -0.05) is 0 Å². The first-order chi connectivity index (χ1) is 19.6. The number of carbonyl (C=O) groups is 6. The molecule has 0 aliphatic carbocycles. The Morgan fingerprint density at radius 1 is 0.610 bits per heavy atom. The van der Waals surface area contributed by atoms with Gasteiger partial charge in [-0.15, -0.1) is 0 Å². The lowest BCUT2D eigenvalue weighted by atomic mass is 10.2. The SMILES string of the molecule is CC(=O)/C(=N/Nc1ccc(C=O)cc1)C(=O)Nc1ccc(NC(=O)/C(=N\Nc2ccc(C(=O)O)cc2)C(C)=O)cc1. The number of hydrazone groups is 2. The summed E-state index contributed by atoms with van der Waals surface area (Å²) in [4.78, 5) is 71.0. The van der Waals surface area contributed by atoms with Crippen molar-refractivity contribution in [1.29, 1.82) is 0 Å². The van der Waals surface area contributed by atoms with Crippen molar-refractivity contribution in [3.8, 4) is 0 Å². The van der Waals surface area contributed by atoms with Crippen molar-refractivity contribution in [3.05, 3.63) is 83.9 Å². The zero-order valence-electron chi connectivity index (χ0n) is 21.8. The molecule has 0 fully saturated rings. The van der Waals surface area contributed by atoms with Crippen LogP contribution in [0.5, 0.6) is 0 Å². The molecule has 13 heteroatoms. The van der Waals surface area contributed by atoms with Crippen molar-refractivity contribution >= 4 is 69.8 Å². The summed E-state index contributed by atoms with van der Waals surface area (Å²) in [5.74, 6) is -3.89. The maximum Gasteiger partial charge on any atom is 0.335 e. The van der Waals surface area contributed by atoms with Crippen molar-refractivity contribution < 1.29 is 33.9 Å². The monoisotopic (exact) mass is 556 g/mol. The fourth-order valence-corrected chi connectivity index (χ4v) is 3.16. The fraction of sp³-hybridized carbons (Fsp3) is 0.0714. The van der Waals surface area contributed by atoms with Crippen LogP contribution in [0.2, 0.25) is 0 Å². The first kappa shape index (κ1) is 29.6. The van der Waals surface area contributed by atoms with E-state index in [-0.39, 0.29) is 11.3 Å². The number of aromatic carboxylic acids is 1. The number of hydrogen-bond donors (Lipinski definition) is 5. The molecular weight excluding hydrogens is 532 g/mol. The minimum absolute atomic E-state index is 0.0624. The molecule has 5 N–H and O–H groups in total. The van der Waals surface area contributed by atoms with Crippen LogP contribution in [0.1, 0.15) is 34.6 Å². The van der Waals surface area contributed by atoms with Crippen molar-refractivity contribution in [2.45, 2.75) is 13.8 Å². The number of carbonyl (C=O) groups excluding carboxylic acids is 5. The molecule has 0 heterocycles. The Bertz CT molecular complexity index is 1540.